The van der Waals surface area contributed by atoms with Gasteiger partial charge in [0.1, 0.15) is 0 Å². The first kappa shape index (κ1) is 20.2. The molecule has 1 amide bonds. The molecule has 2 aromatic heterocycles. The minimum atomic E-state index is -0.438. The topological polar surface area (TPSA) is 90.9 Å². The number of hydrogen-bond acceptors (Lipinski definition) is 5. The molecule has 0 atom stereocenters. The van der Waals surface area contributed by atoms with Crippen LogP contribution in [0.15, 0.2) is 32.9 Å². The van der Waals surface area contributed by atoms with Gasteiger partial charge in [0.2, 0.25) is 5.91 Å². The van der Waals surface area contributed by atoms with Crippen molar-refractivity contribution >= 4 is 46.1 Å². The Labute approximate surface area is 170 Å². The molecule has 0 saturated carbocycles. The first-order valence-electron chi connectivity index (χ1n) is 8.52. The molecule has 1 N–H and O–H groups in total. The monoisotopic (exact) mass is 421 g/mol. The molecule has 3 aromatic rings. The van der Waals surface area contributed by atoms with Gasteiger partial charge < -0.3 is 9.88 Å². The van der Waals surface area contributed by atoms with Crippen LogP contribution in [-0.2, 0) is 25.9 Å². The normalized spacial score (nSPS) is 11.2. The molecule has 0 saturated heterocycles. The lowest BCUT2D eigenvalue weighted by atomic mass is 10.2. The predicted molar refractivity (Wildman–Crippen MR) is 111 cm³/mol. The zero-order chi connectivity index (χ0) is 20.6. The minimum Gasteiger partial charge on any atom is -0.325 e. The zero-order valence-corrected chi connectivity index (χ0v) is 17.5. The molecule has 0 unspecified atom stereocenters. The van der Waals surface area contributed by atoms with Crippen molar-refractivity contribution in [3.63, 3.8) is 0 Å². The van der Waals surface area contributed by atoms with Crippen LogP contribution >= 0.6 is 23.4 Å². The largest absolute Gasteiger partial charge is 0.332 e. The third-order valence-electron chi connectivity index (χ3n) is 4.38. The number of aryl methyl sites for hydroxylation is 3. The number of anilines is 1. The van der Waals surface area contributed by atoms with Crippen LogP contribution in [-0.4, -0.2) is 30.3 Å². The number of nitrogens with one attached hydrogen (secondary N) is 1. The SMILES string of the molecule is Cc1ccc(NC(=O)CCSc2nc3c(=O)n(C)c(=O)n(C)c3n2C)c(Cl)c1. The molecule has 0 radical (unpaired) electrons. The van der Waals surface area contributed by atoms with Crippen molar-refractivity contribution in [3.8, 4) is 0 Å². The Balaban J connectivity index is 1.72. The summed E-state index contributed by atoms with van der Waals surface area (Å²) in [4.78, 5) is 40.9. The second-order valence-electron chi connectivity index (χ2n) is 6.46. The Hall–Kier alpha value is -2.52. The van der Waals surface area contributed by atoms with Gasteiger partial charge in [0.05, 0.1) is 10.7 Å². The zero-order valence-electron chi connectivity index (χ0n) is 15.9. The van der Waals surface area contributed by atoms with Gasteiger partial charge >= 0.3 is 5.69 Å². The van der Waals surface area contributed by atoms with Crippen molar-refractivity contribution in [2.24, 2.45) is 21.1 Å². The van der Waals surface area contributed by atoms with Crippen molar-refractivity contribution in [1.82, 2.24) is 18.7 Å². The highest BCUT2D eigenvalue weighted by molar-refractivity contribution is 7.99. The number of aromatic nitrogens is 4. The number of benzene rings is 1. The predicted octanol–water partition coefficient (Wildman–Crippen LogP) is 2.05. The molecule has 0 aliphatic heterocycles. The van der Waals surface area contributed by atoms with Crippen LogP contribution in [0, 0.1) is 6.92 Å². The van der Waals surface area contributed by atoms with Gasteiger partial charge in [0.25, 0.3) is 5.56 Å². The molecule has 8 nitrogen and oxygen atoms in total. The van der Waals surface area contributed by atoms with Gasteiger partial charge in [0.15, 0.2) is 16.3 Å². The first-order valence-corrected chi connectivity index (χ1v) is 9.88. The van der Waals surface area contributed by atoms with Gasteiger partial charge in [-0.25, -0.2) is 9.78 Å². The number of imidazole rings is 1. The van der Waals surface area contributed by atoms with E-state index in [-0.39, 0.29) is 17.8 Å². The van der Waals surface area contributed by atoms with E-state index >= 15 is 0 Å². The lowest BCUT2D eigenvalue weighted by molar-refractivity contribution is -0.115. The third-order valence-corrected chi connectivity index (χ3v) is 5.73. The van der Waals surface area contributed by atoms with Crippen LogP contribution in [0.5, 0.6) is 0 Å². The number of nitrogens with zero attached hydrogens (tertiary/aromatic N) is 4. The molecule has 2 heterocycles. The van der Waals surface area contributed by atoms with Gasteiger partial charge in [-0.3, -0.25) is 18.7 Å². The Bertz CT molecular complexity index is 1190. The Kier molecular flexibility index (Phi) is 5.66. The quantitative estimate of drug-likeness (QED) is 0.637. The van der Waals surface area contributed by atoms with E-state index in [1.165, 1.54) is 23.4 Å². The smallest absolute Gasteiger partial charge is 0.325 e. The van der Waals surface area contributed by atoms with E-state index in [9.17, 15) is 14.4 Å². The van der Waals surface area contributed by atoms with E-state index in [1.54, 1.807) is 30.8 Å². The maximum absolute atomic E-state index is 12.3. The highest BCUT2D eigenvalue weighted by atomic mass is 35.5. The maximum atomic E-state index is 12.3. The summed E-state index contributed by atoms with van der Waals surface area (Å²) in [5, 5.41) is 3.85. The molecule has 148 valence electrons. The summed E-state index contributed by atoms with van der Waals surface area (Å²) in [6, 6.07) is 5.43. The van der Waals surface area contributed by atoms with Gasteiger partial charge in [-0.2, -0.15) is 0 Å². The average Bonchev–Trinajstić information content (AvgIpc) is 2.97. The van der Waals surface area contributed by atoms with Crippen LogP contribution in [0.2, 0.25) is 5.02 Å². The summed E-state index contributed by atoms with van der Waals surface area (Å²) in [5.41, 5.74) is 1.42. The van der Waals surface area contributed by atoms with E-state index < -0.39 is 11.2 Å². The minimum absolute atomic E-state index is 0.166. The second-order valence-corrected chi connectivity index (χ2v) is 7.93. The summed E-state index contributed by atoms with van der Waals surface area (Å²) in [6.45, 7) is 1.92. The Morgan fingerprint density at radius 1 is 1.18 bits per heavy atom. The molecular weight excluding hydrogens is 402 g/mol. The van der Waals surface area contributed by atoms with Crippen molar-refractivity contribution in [2.45, 2.75) is 18.5 Å². The standard InChI is InChI=1S/C18H20ClN5O3S/c1-10-5-6-12(11(19)9-10)20-13(25)7-8-28-17-21-14-15(22(17)2)23(3)18(27)24(4)16(14)26/h5-6,9H,7-8H2,1-4H3,(H,20,25). The molecule has 28 heavy (non-hydrogen) atoms. The Morgan fingerprint density at radius 2 is 1.89 bits per heavy atom. The molecule has 0 aliphatic carbocycles. The van der Waals surface area contributed by atoms with Gasteiger partial charge in [-0.05, 0) is 24.6 Å². The number of halogens is 1. The lowest BCUT2D eigenvalue weighted by Crippen LogP contribution is -2.37. The molecule has 0 bridgehead atoms. The number of hydrogen-bond donors (Lipinski definition) is 1. The van der Waals surface area contributed by atoms with E-state index in [1.807, 2.05) is 13.0 Å². The maximum Gasteiger partial charge on any atom is 0.332 e. The van der Waals surface area contributed by atoms with E-state index in [0.717, 1.165) is 10.1 Å². The third kappa shape index (κ3) is 3.72. The highest BCUT2D eigenvalue weighted by Crippen LogP contribution is 2.24. The van der Waals surface area contributed by atoms with Gasteiger partial charge in [0, 0.05) is 33.3 Å². The highest BCUT2D eigenvalue weighted by Gasteiger charge is 2.17. The van der Waals surface area contributed by atoms with Crippen molar-refractivity contribution in [1.29, 1.82) is 0 Å². The summed E-state index contributed by atoms with van der Waals surface area (Å²) >= 11 is 7.47. The van der Waals surface area contributed by atoms with Crippen LogP contribution in [0.3, 0.4) is 0 Å². The molecule has 0 aliphatic rings. The lowest BCUT2D eigenvalue weighted by Gasteiger charge is -2.08. The number of amides is 1. The van der Waals surface area contributed by atoms with Crippen molar-refractivity contribution < 1.29 is 4.79 Å². The summed E-state index contributed by atoms with van der Waals surface area (Å²) < 4.78 is 4.11. The number of fused-ring (bicyclic) bond motifs is 1. The summed E-state index contributed by atoms with van der Waals surface area (Å²) in [6.07, 6.45) is 0.245. The number of carbonyl (C=O) groups excluding carboxylic acids is 1. The van der Waals surface area contributed by atoms with Crippen LogP contribution < -0.4 is 16.6 Å². The van der Waals surface area contributed by atoms with Gasteiger partial charge in [-0.15, -0.1) is 0 Å². The average molecular weight is 422 g/mol. The van der Waals surface area contributed by atoms with Crippen LogP contribution in [0.25, 0.3) is 11.2 Å². The summed E-state index contributed by atoms with van der Waals surface area (Å²) in [5.74, 6) is 0.293. The summed E-state index contributed by atoms with van der Waals surface area (Å²) in [7, 11) is 4.76. The molecule has 1 aromatic carbocycles. The fourth-order valence-electron chi connectivity index (χ4n) is 2.86. The van der Waals surface area contributed by atoms with Crippen LogP contribution in [0.1, 0.15) is 12.0 Å². The molecule has 0 spiro atoms. The molecule has 10 heteroatoms. The van der Waals surface area contributed by atoms with Gasteiger partial charge in [-0.1, -0.05) is 29.4 Å². The Morgan fingerprint density at radius 3 is 2.57 bits per heavy atom. The number of carbonyl (C=O) groups is 1. The van der Waals surface area contributed by atoms with Crippen molar-refractivity contribution in [2.75, 3.05) is 11.1 Å². The van der Waals surface area contributed by atoms with Crippen molar-refractivity contribution in [3.05, 3.63) is 49.6 Å². The fraction of sp³-hybridized carbons (Fsp3) is 0.333. The second kappa shape index (κ2) is 7.84. The van der Waals surface area contributed by atoms with E-state index in [2.05, 4.69) is 10.3 Å². The molecular formula is C18H20ClN5O3S. The fourth-order valence-corrected chi connectivity index (χ4v) is 4.05. The number of thioether (sulfide) groups is 1. The number of rotatable bonds is 5. The van der Waals surface area contributed by atoms with E-state index in [0.29, 0.717) is 27.3 Å². The molecule has 3 rings (SSSR count). The van der Waals surface area contributed by atoms with Crippen LogP contribution in [0.4, 0.5) is 5.69 Å². The molecule has 0 fully saturated rings. The van der Waals surface area contributed by atoms with E-state index in [4.69, 9.17) is 11.6 Å². The first-order chi connectivity index (χ1) is 13.2.